The van der Waals surface area contributed by atoms with Crippen molar-refractivity contribution >= 4 is 16.1 Å². The molecule has 1 aliphatic carbocycles. The summed E-state index contributed by atoms with van der Waals surface area (Å²) in [4.78, 5) is 20.9. The highest BCUT2D eigenvalue weighted by molar-refractivity contribution is 7.89. The summed E-state index contributed by atoms with van der Waals surface area (Å²) >= 11 is 0. The SMILES string of the molecule is CC(C)NS(=O)(=O)c1ccc(CN2CCC(N3C(=O)N(C4CCCCC4)C[C@H]3c3ccccc3)CC2)cc1. The zero-order valence-electron chi connectivity index (χ0n) is 22.8. The molecule has 2 heterocycles. The van der Waals surface area contributed by atoms with Crippen molar-refractivity contribution in [3.8, 4) is 0 Å². The number of urea groups is 1. The van der Waals surface area contributed by atoms with Crippen molar-refractivity contribution < 1.29 is 13.2 Å². The molecule has 0 spiro atoms. The Morgan fingerprint density at radius 1 is 0.868 bits per heavy atom. The van der Waals surface area contributed by atoms with Crippen LogP contribution in [0.3, 0.4) is 0 Å². The van der Waals surface area contributed by atoms with Crippen LogP contribution in [0, 0.1) is 0 Å². The second-order valence-corrected chi connectivity index (χ2v) is 13.2. The molecule has 38 heavy (non-hydrogen) atoms. The van der Waals surface area contributed by atoms with Crippen LogP contribution >= 0.6 is 0 Å². The number of nitrogens with one attached hydrogen (secondary N) is 1. The minimum Gasteiger partial charge on any atom is -0.319 e. The van der Waals surface area contributed by atoms with Gasteiger partial charge in [0.05, 0.1) is 10.9 Å². The Morgan fingerprint density at radius 2 is 1.53 bits per heavy atom. The first-order valence-corrected chi connectivity index (χ1v) is 15.8. The molecule has 2 aliphatic heterocycles. The molecule has 7 nitrogen and oxygen atoms in total. The van der Waals surface area contributed by atoms with Gasteiger partial charge in [0.15, 0.2) is 0 Å². The van der Waals surface area contributed by atoms with Gasteiger partial charge in [-0.15, -0.1) is 0 Å². The molecular formula is C30H42N4O3S. The fourth-order valence-electron chi connectivity index (χ4n) is 6.45. The van der Waals surface area contributed by atoms with E-state index >= 15 is 0 Å². The molecule has 3 aliphatic rings. The van der Waals surface area contributed by atoms with Gasteiger partial charge in [-0.25, -0.2) is 17.9 Å². The number of hydrogen-bond donors (Lipinski definition) is 1. The fraction of sp³-hybridized carbons (Fsp3) is 0.567. The average Bonchev–Trinajstić information content (AvgIpc) is 3.27. The maximum Gasteiger partial charge on any atom is 0.321 e. The molecule has 0 aromatic heterocycles. The van der Waals surface area contributed by atoms with Crippen molar-refractivity contribution in [2.75, 3.05) is 19.6 Å². The molecule has 0 bridgehead atoms. The van der Waals surface area contributed by atoms with Crippen LogP contribution in [0.2, 0.25) is 0 Å². The van der Waals surface area contributed by atoms with E-state index in [1.165, 1.54) is 24.8 Å². The monoisotopic (exact) mass is 538 g/mol. The summed E-state index contributed by atoms with van der Waals surface area (Å²) in [5, 5.41) is 0. The molecule has 0 unspecified atom stereocenters. The lowest BCUT2D eigenvalue weighted by atomic mass is 9.94. The Balaban J connectivity index is 1.23. The van der Waals surface area contributed by atoms with Crippen molar-refractivity contribution in [3.05, 3.63) is 65.7 Å². The number of likely N-dealkylation sites (tertiary alicyclic amines) is 1. The molecule has 8 heteroatoms. The number of sulfonamides is 1. The minimum absolute atomic E-state index is 0.121. The molecule has 1 saturated carbocycles. The summed E-state index contributed by atoms with van der Waals surface area (Å²) in [7, 11) is -3.48. The largest absolute Gasteiger partial charge is 0.321 e. The van der Waals surface area contributed by atoms with Gasteiger partial charge in [0.25, 0.3) is 0 Å². The van der Waals surface area contributed by atoms with Crippen molar-refractivity contribution in [1.29, 1.82) is 0 Å². The van der Waals surface area contributed by atoms with Gasteiger partial charge in [-0.1, -0.05) is 61.7 Å². The molecule has 3 fully saturated rings. The Morgan fingerprint density at radius 3 is 2.16 bits per heavy atom. The lowest BCUT2D eigenvalue weighted by Gasteiger charge is -2.39. The predicted octanol–water partition coefficient (Wildman–Crippen LogP) is 5.15. The lowest BCUT2D eigenvalue weighted by Crippen LogP contribution is -2.48. The van der Waals surface area contributed by atoms with Crippen LogP contribution < -0.4 is 4.72 Å². The van der Waals surface area contributed by atoms with Gasteiger partial charge in [-0.05, 0) is 62.8 Å². The second-order valence-electron chi connectivity index (χ2n) is 11.5. The number of hydrogen-bond acceptors (Lipinski definition) is 4. The summed E-state index contributed by atoms with van der Waals surface area (Å²) < 4.78 is 27.5. The van der Waals surface area contributed by atoms with E-state index in [0.717, 1.165) is 57.4 Å². The summed E-state index contributed by atoms with van der Waals surface area (Å²) in [6.45, 7) is 7.08. The van der Waals surface area contributed by atoms with Gasteiger partial charge < -0.3 is 9.80 Å². The van der Waals surface area contributed by atoms with Gasteiger partial charge >= 0.3 is 6.03 Å². The summed E-state index contributed by atoms with van der Waals surface area (Å²) in [6.07, 6.45) is 7.92. The number of carbonyl (C=O) groups excluding carboxylic acids is 1. The third kappa shape index (κ3) is 6.08. The number of benzene rings is 2. The minimum atomic E-state index is -3.48. The first kappa shape index (κ1) is 27.2. The Bertz CT molecular complexity index is 1170. The van der Waals surface area contributed by atoms with Gasteiger partial charge in [-0.3, -0.25) is 4.90 Å². The van der Waals surface area contributed by atoms with Gasteiger partial charge in [-0.2, -0.15) is 0 Å². The predicted molar refractivity (Wildman–Crippen MR) is 150 cm³/mol. The van der Waals surface area contributed by atoms with Crippen LogP contribution in [0.4, 0.5) is 4.79 Å². The lowest BCUT2D eigenvalue weighted by molar-refractivity contribution is 0.106. The van der Waals surface area contributed by atoms with Gasteiger partial charge in [0.2, 0.25) is 10.0 Å². The van der Waals surface area contributed by atoms with Crippen LogP contribution in [0.5, 0.6) is 0 Å². The Kier molecular flexibility index (Phi) is 8.41. The first-order chi connectivity index (χ1) is 18.3. The summed E-state index contributed by atoms with van der Waals surface area (Å²) in [5.74, 6) is 0. The molecule has 1 N–H and O–H groups in total. The number of piperidine rings is 1. The number of rotatable bonds is 8. The Hall–Kier alpha value is -2.42. The van der Waals surface area contributed by atoms with E-state index in [2.05, 4.69) is 43.7 Å². The third-order valence-corrected chi connectivity index (χ3v) is 10.0. The highest BCUT2D eigenvalue weighted by Gasteiger charge is 2.45. The molecule has 1 atom stereocenters. The fourth-order valence-corrected chi connectivity index (χ4v) is 7.70. The summed E-state index contributed by atoms with van der Waals surface area (Å²) in [6, 6.07) is 18.6. The summed E-state index contributed by atoms with van der Waals surface area (Å²) in [5.41, 5.74) is 2.35. The van der Waals surface area contributed by atoms with E-state index in [0.29, 0.717) is 10.9 Å². The highest BCUT2D eigenvalue weighted by Crippen LogP contribution is 2.38. The number of carbonyl (C=O) groups is 1. The second kappa shape index (κ2) is 11.8. The van der Waals surface area contributed by atoms with Crippen molar-refractivity contribution in [2.45, 2.75) is 94.4 Å². The average molecular weight is 539 g/mol. The molecule has 0 radical (unpaired) electrons. The molecule has 2 aromatic rings. The van der Waals surface area contributed by atoms with Gasteiger partial charge in [0.1, 0.15) is 0 Å². The van der Waals surface area contributed by atoms with Gasteiger partial charge in [0, 0.05) is 44.3 Å². The first-order valence-electron chi connectivity index (χ1n) is 14.3. The zero-order chi connectivity index (χ0) is 26.7. The van der Waals surface area contributed by atoms with Crippen LogP contribution in [-0.2, 0) is 16.6 Å². The third-order valence-electron chi connectivity index (χ3n) is 8.35. The van der Waals surface area contributed by atoms with Crippen LogP contribution in [0.15, 0.2) is 59.5 Å². The van der Waals surface area contributed by atoms with E-state index in [4.69, 9.17) is 0 Å². The molecular weight excluding hydrogens is 496 g/mol. The van der Waals surface area contributed by atoms with Crippen LogP contribution in [0.25, 0.3) is 0 Å². The zero-order valence-corrected chi connectivity index (χ0v) is 23.6. The van der Waals surface area contributed by atoms with Crippen LogP contribution in [0.1, 0.15) is 76.0 Å². The van der Waals surface area contributed by atoms with E-state index in [1.807, 2.05) is 32.0 Å². The normalized spacial score (nSPS) is 22.5. The highest BCUT2D eigenvalue weighted by atomic mass is 32.2. The Labute approximate surface area is 228 Å². The van der Waals surface area contributed by atoms with Crippen molar-refractivity contribution in [1.82, 2.24) is 19.4 Å². The molecule has 2 amide bonds. The van der Waals surface area contributed by atoms with E-state index in [9.17, 15) is 13.2 Å². The van der Waals surface area contributed by atoms with Crippen molar-refractivity contribution in [2.24, 2.45) is 0 Å². The van der Waals surface area contributed by atoms with Crippen LogP contribution in [-0.4, -0.2) is 66.9 Å². The maximum absolute atomic E-state index is 13.8. The molecule has 206 valence electrons. The number of nitrogens with zero attached hydrogens (tertiary/aromatic N) is 3. The topological polar surface area (TPSA) is 73.0 Å². The molecule has 2 aromatic carbocycles. The molecule has 5 rings (SSSR count). The van der Waals surface area contributed by atoms with E-state index in [1.54, 1.807) is 12.1 Å². The maximum atomic E-state index is 13.8. The standard InChI is InChI=1S/C30H42N4O3S/c1-23(2)31-38(36,37)28-15-13-24(14-16-28)21-32-19-17-27(18-20-32)34-29(25-9-5-3-6-10-25)22-33(30(34)35)26-11-7-4-8-12-26/h3,5-6,9-10,13-16,23,26-27,29,31H,4,7-8,11-12,17-22H2,1-2H3/t29-/m0/s1. The molecule has 2 saturated heterocycles. The van der Waals surface area contributed by atoms with E-state index in [-0.39, 0.29) is 24.2 Å². The van der Waals surface area contributed by atoms with Crippen molar-refractivity contribution in [3.63, 3.8) is 0 Å². The quantitative estimate of drug-likeness (QED) is 0.505. The number of amides is 2. The van der Waals surface area contributed by atoms with E-state index < -0.39 is 10.0 Å². The smallest absolute Gasteiger partial charge is 0.319 e.